The maximum absolute atomic E-state index is 13.7. The van der Waals surface area contributed by atoms with E-state index in [1.165, 1.54) is 5.52 Å². The van der Waals surface area contributed by atoms with E-state index in [1.54, 1.807) is 15.8 Å². The number of ether oxygens (including phenoxy) is 1. The number of hydrogen-bond donors (Lipinski definition) is 1. The minimum absolute atomic E-state index is 0.0226. The van der Waals surface area contributed by atoms with Crippen LogP contribution in [-0.4, -0.2) is 93.0 Å². The van der Waals surface area contributed by atoms with Crippen LogP contribution in [0.15, 0.2) is 71.8 Å². The quantitative estimate of drug-likeness (QED) is 0.268. The van der Waals surface area contributed by atoms with E-state index in [1.807, 2.05) is 29.0 Å². The third-order valence-electron chi connectivity index (χ3n) is 9.79. The van der Waals surface area contributed by atoms with Gasteiger partial charge in [0.15, 0.2) is 12.3 Å². The molecule has 0 saturated carbocycles. The summed E-state index contributed by atoms with van der Waals surface area (Å²) in [5.41, 5.74) is 3.83. The van der Waals surface area contributed by atoms with Gasteiger partial charge in [-0.25, -0.2) is 14.3 Å². The highest BCUT2D eigenvalue weighted by atomic mass is 16.5. The highest BCUT2D eigenvalue weighted by molar-refractivity contribution is 5.98. The number of piperidine rings is 1. The zero-order valence-corrected chi connectivity index (χ0v) is 27.5. The number of carbonyl (C=O) groups is 1. The summed E-state index contributed by atoms with van der Waals surface area (Å²) in [4.78, 5) is 42.5. The van der Waals surface area contributed by atoms with Crippen LogP contribution in [0.25, 0.3) is 27.6 Å². The molecule has 3 aromatic heterocycles. The number of anilines is 3. The molecule has 0 unspecified atom stereocenters. The molecule has 2 bridgehead atoms. The summed E-state index contributed by atoms with van der Waals surface area (Å²) < 4.78 is 11.7. The zero-order valence-electron chi connectivity index (χ0n) is 27.5. The monoisotopic (exact) mass is 647 g/mol. The molecule has 248 valence electrons. The summed E-state index contributed by atoms with van der Waals surface area (Å²) in [6.07, 6.45) is 11.8. The molecule has 3 aliphatic rings. The lowest BCUT2D eigenvalue weighted by atomic mass is 10.0. The van der Waals surface area contributed by atoms with Gasteiger partial charge < -0.3 is 29.3 Å². The van der Waals surface area contributed by atoms with E-state index >= 15 is 0 Å². The molecule has 12 heteroatoms. The highest BCUT2D eigenvalue weighted by Gasteiger charge is 2.27. The average molecular weight is 648 g/mol. The van der Waals surface area contributed by atoms with Gasteiger partial charge in [-0.3, -0.25) is 9.59 Å². The van der Waals surface area contributed by atoms with Crippen LogP contribution in [0.2, 0.25) is 0 Å². The van der Waals surface area contributed by atoms with Gasteiger partial charge in [-0.05, 0) is 82.2 Å². The van der Waals surface area contributed by atoms with Crippen LogP contribution < -0.4 is 20.5 Å². The Bertz CT molecular complexity index is 2080. The van der Waals surface area contributed by atoms with Crippen molar-refractivity contribution in [1.82, 2.24) is 33.7 Å². The van der Waals surface area contributed by atoms with Crippen LogP contribution in [0, 0.1) is 0 Å². The number of amides is 1. The molecule has 1 amide bonds. The van der Waals surface area contributed by atoms with Gasteiger partial charge in [-0.1, -0.05) is 12.2 Å². The number of hydrogen-bond acceptors (Lipinski definition) is 8. The smallest absolute Gasteiger partial charge is 0.278 e. The maximum atomic E-state index is 13.7. The number of nitrogens with one attached hydrogen (secondary N) is 1. The lowest BCUT2D eigenvalue weighted by Crippen LogP contribution is -2.39. The van der Waals surface area contributed by atoms with E-state index in [9.17, 15) is 9.59 Å². The van der Waals surface area contributed by atoms with E-state index in [-0.39, 0.29) is 18.1 Å². The van der Waals surface area contributed by atoms with Gasteiger partial charge in [-0.2, -0.15) is 4.98 Å². The number of fused-ring (bicyclic) bond motifs is 6. The van der Waals surface area contributed by atoms with Crippen molar-refractivity contribution < 1.29 is 9.53 Å². The predicted molar refractivity (Wildman–Crippen MR) is 188 cm³/mol. The summed E-state index contributed by atoms with van der Waals surface area (Å²) in [5, 5.41) is 4.96. The third-order valence-corrected chi connectivity index (χ3v) is 9.79. The summed E-state index contributed by atoms with van der Waals surface area (Å²) in [7, 11) is 4.26. The number of likely N-dealkylation sites (tertiary alicyclic amines) is 1. The van der Waals surface area contributed by atoms with Crippen molar-refractivity contribution in [3.8, 4) is 11.4 Å². The lowest BCUT2D eigenvalue weighted by Gasteiger charge is -2.33. The van der Waals surface area contributed by atoms with Crippen LogP contribution in [0.1, 0.15) is 31.7 Å². The molecular formula is C36H41N9O3. The Morgan fingerprint density at radius 3 is 2.75 bits per heavy atom. The molecule has 6 heterocycles. The van der Waals surface area contributed by atoms with Gasteiger partial charge in [0.25, 0.3) is 11.5 Å². The molecule has 8 rings (SSSR count). The Kier molecular flexibility index (Phi) is 7.97. The van der Waals surface area contributed by atoms with Crippen LogP contribution >= 0.6 is 0 Å². The fraction of sp³-hybridized carbons (Fsp3) is 0.389. The second kappa shape index (κ2) is 12.6. The van der Waals surface area contributed by atoms with Gasteiger partial charge in [0.05, 0.1) is 17.9 Å². The number of allylic oxidation sites excluding steroid dienone is 2. The second-order valence-electron chi connectivity index (χ2n) is 13.2. The van der Waals surface area contributed by atoms with E-state index in [2.05, 4.69) is 75.3 Å². The average Bonchev–Trinajstić information content (AvgIpc) is 3.63. The standard InChI is InChI=1S/C36H41N9O3/c1-40(2)19-20-41-16-12-27(13-17-41)42-18-11-25-21-26(7-9-30(25)42)38-36-37-23-29-34(39-36)45-28-8-10-32-31(22-28)43(33(46)24-48-32)14-5-3-4-6-15-44(45)35(29)47/h4,6-11,18,21-23,27H,3,5,12-17,19-20,24H2,1-2H3,(H,37,38,39)/b6-4-. The zero-order chi connectivity index (χ0) is 32.8. The first-order chi connectivity index (χ1) is 23.4. The molecule has 0 atom stereocenters. The Labute approximate surface area is 278 Å². The van der Waals surface area contributed by atoms with Gasteiger partial charge in [-0.15, -0.1) is 0 Å². The van der Waals surface area contributed by atoms with Crippen molar-refractivity contribution in [2.75, 3.05) is 63.6 Å². The topological polar surface area (TPSA) is 106 Å². The normalized spacial score (nSPS) is 18.1. The van der Waals surface area contributed by atoms with Crippen LogP contribution in [0.5, 0.6) is 5.75 Å². The molecule has 3 aliphatic heterocycles. The number of carbonyl (C=O) groups excluding carboxylic acids is 1. The van der Waals surface area contributed by atoms with E-state index in [4.69, 9.17) is 9.72 Å². The van der Waals surface area contributed by atoms with E-state index in [0.29, 0.717) is 53.2 Å². The van der Waals surface area contributed by atoms with E-state index in [0.717, 1.165) is 62.9 Å². The summed E-state index contributed by atoms with van der Waals surface area (Å²) in [6.45, 7) is 5.46. The molecule has 1 fully saturated rings. The van der Waals surface area contributed by atoms with Crippen molar-refractivity contribution >= 4 is 45.2 Å². The largest absolute Gasteiger partial charge is 0.482 e. The predicted octanol–water partition coefficient (Wildman–Crippen LogP) is 4.55. The first-order valence-corrected chi connectivity index (χ1v) is 16.9. The summed E-state index contributed by atoms with van der Waals surface area (Å²) in [5.74, 6) is 0.979. The molecule has 1 N–H and O–H groups in total. The molecule has 0 aliphatic carbocycles. The second-order valence-corrected chi connectivity index (χ2v) is 13.2. The van der Waals surface area contributed by atoms with Crippen molar-refractivity contribution in [1.29, 1.82) is 0 Å². The highest BCUT2D eigenvalue weighted by Crippen LogP contribution is 2.35. The molecule has 0 radical (unpaired) electrons. The Morgan fingerprint density at radius 1 is 1.02 bits per heavy atom. The van der Waals surface area contributed by atoms with Gasteiger partial charge in [0.2, 0.25) is 5.95 Å². The Hall–Kier alpha value is -4.94. The lowest BCUT2D eigenvalue weighted by molar-refractivity contribution is -0.121. The minimum atomic E-state index is -0.175. The fourth-order valence-electron chi connectivity index (χ4n) is 7.19. The number of benzene rings is 2. The van der Waals surface area contributed by atoms with Gasteiger partial charge in [0.1, 0.15) is 11.1 Å². The molecule has 0 spiro atoms. The molecule has 2 aromatic carbocycles. The number of aromatic nitrogens is 5. The van der Waals surface area contributed by atoms with Gasteiger partial charge in [0, 0.05) is 67.7 Å². The fourth-order valence-corrected chi connectivity index (χ4v) is 7.19. The van der Waals surface area contributed by atoms with Crippen molar-refractivity contribution in [3.05, 3.63) is 77.4 Å². The Balaban J connectivity index is 1.09. The molecule has 1 saturated heterocycles. The minimum Gasteiger partial charge on any atom is -0.482 e. The van der Waals surface area contributed by atoms with Gasteiger partial charge >= 0.3 is 0 Å². The number of rotatable bonds is 6. The number of nitrogens with zero attached hydrogens (tertiary/aromatic N) is 8. The third kappa shape index (κ3) is 5.64. The maximum Gasteiger partial charge on any atom is 0.278 e. The van der Waals surface area contributed by atoms with Crippen LogP contribution in [0.4, 0.5) is 17.3 Å². The first-order valence-electron chi connectivity index (χ1n) is 16.9. The van der Waals surface area contributed by atoms with Crippen molar-refractivity contribution in [2.45, 2.75) is 38.3 Å². The summed E-state index contributed by atoms with van der Waals surface area (Å²) in [6, 6.07) is 14.7. The summed E-state index contributed by atoms with van der Waals surface area (Å²) >= 11 is 0. The van der Waals surface area contributed by atoms with Crippen molar-refractivity contribution in [3.63, 3.8) is 0 Å². The van der Waals surface area contributed by atoms with E-state index < -0.39 is 0 Å². The molecule has 48 heavy (non-hydrogen) atoms. The van der Waals surface area contributed by atoms with Crippen molar-refractivity contribution in [2.24, 2.45) is 0 Å². The molecule has 12 nitrogen and oxygen atoms in total. The number of likely N-dealkylation sites (N-methyl/N-ethyl adjacent to an activating group) is 1. The SMILES string of the molecule is CN(C)CCN1CCC(n2ccc3cc(Nc4ncc5c(=O)n6n(c5n4)-c4ccc5c(c4)N(CCC/C=C\C6)C(=O)CO5)ccc32)CC1. The van der Waals surface area contributed by atoms with Crippen LogP contribution in [0.3, 0.4) is 0 Å². The Morgan fingerprint density at radius 2 is 1.90 bits per heavy atom. The first kappa shape index (κ1) is 30.4. The molecule has 5 aromatic rings. The van der Waals surface area contributed by atoms with Crippen LogP contribution in [-0.2, 0) is 11.3 Å². The molecular weight excluding hydrogens is 606 g/mol.